The number of esters is 1. The number of anilines is 1. The lowest BCUT2D eigenvalue weighted by atomic mass is 10.2. The number of ether oxygens (including phenoxy) is 1. The molecule has 2 aromatic carbocycles. The molecule has 1 fully saturated rings. The maximum Gasteiger partial charge on any atom is 0.338 e. The van der Waals surface area contributed by atoms with Crippen molar-refractivity contribution in [1.82, 2.24) is 5.32 Å². The lowest BCUT2D eigenvalue weighted by molar-refractivity contribution is -0.129. The second kappa shape index (κ2) is 8.20. The van der Waals surface area contributed by atoms with Crippen LogP contribution in [0.15, 0.2) is 47.4 Å². The summed E-state index contributed by atoms with van der Waals surface area (Å²) in [5.74, 6) is -1.81. The zero-order chi connectivity index (χ0) is 21.2. The highest BCUT2D eigenvalue weighted by atomic mass is 32.2. The van der Waals surface area contributed by atoms with E-state index in [-0.39, 0.29) is 28.1 Å². The molecule has 0 aliphatic heterocycles. The van der Waals surface area contributed by atoms with Gasteiger partial charge < -0.3 is 10.1 Å². The Hall–Kier alpha value is -2.94. The van der Waals surface area contributed by atoms with Gasteiger partial charge in [0.05, 0.1) is 10.5 Å². The number of carbonyl (C=O) groups is 2. The molecule has 3 rings (SSSR count). The van der Waals surface area contributed by atoms with Crippen molar-refractivity contribution in [2.75, 3.05) is 4.72 Å². The highest BCUT2D eigenvalue weighted by Gasteiger charge is 2.27. The minimum absolute atomic E-state index is 0.0761. The van der Waals surface area contributed by atoms with Crippen molar-refractivity contribution in [2.45, 2.75) is 43.7 Å². The molecule has 2 N–H and O–H groups in total. The number of benzene rings is 2. The molecule has 2 aromatic rings. The van der Waals surface area contributed by atoms with Gasteiger partial charge in [-0.3, -0.25) is 9.52 Å². The van der Waals surface area contributed by atoms with Crippen molar-refractivity contribution < 1.29 is 27.1 Å². The normalized spacial score (nSPS) is 14.7. The molecule has 0 radical (unpaired) electrons. The van der Waals surface area contributed by atoms with Gasteiger partial charge in [-0.2, -0.15) is 0 Å². The Morgan fingerprint density at radius 2 is 1.90 bits per heavy atom. The monoisotopic (exact) mass is 420 g/mol. The van der Waals surface area contributed by atoms with Crippen LogP contribution in [-0.2, 0) is 19.6 Å². The summed E-state index contributed by atoms with van der Waals surface area (Å²) in [6.45, 7) is 3.02. The highest BCUT2D eigenvalue weighted by Crippen LogP contribution is 2.22. The molecule has 0 unspecified atom stereocenters. The highest BCUT2D eigenvalue weighted by molar-refractivity contribution is 7.92. The van der Waals surface area contributed by atoms with E-state index in [1.165, 1.54) is 43.3 Å². The zero-order valence-electron chi connectivity index (χ0n) is 15.9. The van der Waals surface area contributed by atoms with Crippen molar-refractivity contribution in [2.24, 2.45) is 0 Å². The molecular weight excluding hydrogens is 399 g/mol. The largest absolute Gasteiger partial charge is 0.449 e. The SMILES string of the molecule is Cc1ccc(F)cc1S(=O)(=O)Nc1cccc(C(=O)O[C@@H](C)C(=O)NC2CC2)c1. The minimum atomic E-state index is -4.06. The maximum atomic E-state index is 13.5. The molecule has 7 nitrogen and oxygen atoms in total. The van der Waals surface area contributed by atoms with Crippen molar-refractivity contribution in [3.05, 3.63) is 59.4 Å². The summed E-state index contributed by atoms with van der Waals surface area (Å²) >= 11 is 0. The molecule has 1 atom stereocenters. The third-order valence-electron chi connectivity index (χ3n) is 4.37. The Morgan fingerprint density at radius 1 is 1.17 bits per heavy atom. The Kier molecular flexibility index (Phi) is 5.88. The Morgan fingerprint density at radius 3 is 2.59 bits per heavy atom. The van der Waals surface area contributed by atoms with Crippen molar-refractivity contribution in [3.63, 3.8) is 0 Å². The standard InChI is InChI=1S/C20H21FN2O5S/c1-12-6-7-15(21)11-18(12)29(26,27)23-17-5-3-4-14(10-17)20(25)28-13(2)19(24)22-16-8-9-16/h3-7,10-11,13,16,23H,8-9H2,1-2H3,(H,22,24)/t13-/m0/s1. The number of carbonyl (C=O) groups excluding carboxylic acids is 2. The van der Waals surface area contributed by atoms with E-state index in [0.717, 1.165) is 18.9 Å². The molecule has 1 amide bonds. The summed E-state index contributed by atoms with van der Waals surface area (Å²) < 4.78 is 46.1. The summed E-state index contributed by atoms with van der Waals surface area (Å²) in [6, 6.07) is 9.27. The molecule has 0 spiro atoms. The number of rotatable bonds is 7. The molecule has 154 valence electrons. The predicted octanol–water partition coefficient (Wildman–Crippen LogP) is 2.76. The molecular formula is C20H21FN2O5S. The van der Waals surface area contributed by atoms with Gasteiger partial charge in [-0.25, -0.2) is 17.6 Å². The topological polar surface area (TPSA) is 102 Å². The number of amides is 1. The van der Waals surface area contributed by atoms with Gasteiger partial charge in [-0.1, -0.05) is 12.1 Å². The fraction of sp³-hybridized carbons (Fsp3) is 0.300. The first kappa shape index (κ1) is 20.8. The minimum Gasteiger partial charge on any atom is -0.449 e. The van der Waals surface area contributed by atoms with E-state index in [1.54, 1.807) is 6.92 Å². The number of hydrogen-bond acceptors (Lipinski definition) is 5. The molecule has 0 heterocycles. The quantitative estimate of drug-likeness (QED) is 0.671. The number of sulfonamides is 1. The van der Waals surface area contributed by atoms with E-state index in [4.69, 9.17) is 4.74 Å². The van der Waals surface area contributed by atoms with E-state index in [1.807, 2.05) is 0 Å². The Balaban J connectivity index is 1.72. The summed E-state index contributed by atoms with van der Waals surface area (Å²) in [5, 5.41) is 2.74. The zero-order valence-corrected chi connectivity index (χ0v) is 16.8. The Bertz CT molecular complexity index is 1050. The van der Waals surface area contributed by atoms with Crippen LogP contribution in [0.4, 0.5) is 10.1 Å². The van der Waals surface area contributed by atoms with Gasteiger partial charge in [0.15, 0.2) is 6.10 Å². The third kappa shape index (κ3) is 5.32. The average molecular weight is 420 g/mol. The van der Waals surface area contributed by atoms with Gasteiger partial charge in [0.25, 0.3) is 15.9 Å². The van der Waals surface area contributed by atoms with Gasteiger partial charge >= 0.3 is 5.97 Å². The van der Waals surface area contributed by atoms with E-state index in [9.17, 15) is 22.4 Å². The van der Waals surface area contributed by atoms with Gasteiger partial charge in [-0.15, -0.1) is 0 Å². The second-order valence-electron chi connectivity index (χ2n) is 6.93. The second-order valence-corrected chi connectivity index (χ2v) is 8.58. The molecule has 1 aliphatic rings. The number of hydrogen-bond donors (Lipinski definition) is 2. The fourth-order valence-corrected chi connectivity index (χ4v) is 3.92. The van der Waals surface area contributed by atoms with E-state index >= 15 is 0 Å². The number of halogens is 1. The van der Waals surface area contributed by atoms with Crippen molar-refractivity contribution in [3.8, 4) is 0 Å². The smallest absolute Gasteiger partial charge is 0.338 e. The average Bonchev–Trinajstić information content (AvgIpc) is 3.47. The van der Waals surface area contributed by atoms with Gasteiger partial charge in [0.1, 0.15) is 5.82 Å². The fourth-order valence-electron chi connectivity index (χ4n) is 2.61. The predicted molar refractivity (Wildman–Crippen MR) is 104 cm³/mol. The van der Waals surface area contributed by atoms with Crippen LogP contribution in [0.3, 0.4) is 0 Å². The summed E-state index contributed by atoms with van der Waals surface area (Å²) in [6.07, 6.45) is 0.858. The number of aryl methyl sites for hydroxylation is 1. The van der Waals surface area contributed by atoms with Crippen LogP contribution >= 0.6 is 0 Å². The molecule has 0 aromatic heterocycles. The first-order valence-corrected chi connectivity index (χ1v) is 10.5. The van der Waals surface area contributed by atoms with E-state index in [0.29, 0.717) is 5.56 Å². The van der Waals surface area contributed by atoms with Crippen LogP contribution in [0.2, 0.25) is 0 Å². The van der Waals surface area contributed by atoms with Crippen LogP contribution in [0.25, 0.3) is 0 Å². The molecule has 9 heteroatoms. The van der Waals surface area contributed by atoms with Crippen molar-refractivity contribution >= 4 is 27.6 Å². The van der Waals surface area contributed by atoms with Crippen molar-refractivity contribution in [1.29, 1.82) is 0 Å². The van der Waals surface area contributed by atoms with Crippen LogP contribution in [0.1, 0.15) is 35.7 Å². The van der Waals surface area contributed by atoms with Gasteiger partial charge in [-0.05, 0) is 62.6 Å². The summed E-state index contributed by atoms with van der Waals surface area (Å²) in [5.41, 5.74) is 0.565. The lowest BCUT2D eigenvalue weighted by Crippen LogP contribution is -2.37. The Labute approximate surface area is 168 Å². The van der Waals surface area contributed by atoms with Crippen LogP contribution in [-0.4, -0.2) is 32.4 Å². The molecule has 0 saturated heterocycles. The summed E-state index contributed by atoms with van der Waals surface area (Å²) in [7, 11) is -4.06. The molecule has 1 aliphatic carbocycles. The maximum absolute atomic E-state index is 13.5. The first-order valence-electron chi connectivity index (χ1n) is 9.06. The summed E-state index contributed by atoms with van der Waals surface area (Å²) in [4.78, 5) is 24.0. The lowest BCUT2D eigenvalue weighted by Gasteiger charge is -2.14. The molecule has 0 bridgehead atoms. The first-order chi connectivity index (χ1) is 13.7. The van der Waals surface area contributed by atoms with E-state index in [2.05, 4.69) is 10.0 Å². The van der Waals surface area contributed by atoms with Gasteiger partial charge in [0.2, 0.25) is 0 Å². The number of nitrogens with one attached hydrogen (secondary N) is 2. The van der Waals surface area contributed by atoms with E-state index < -0.39 is 27.9 Å². The van der Waals surface area contributed by atoms with Crippen LogP contribution in [0, 0.1) is 12.7 Å². The van der Waals surface area contributed by atoms with Gasteiger partial charge in [0, 0.05) is 11.7 Å². The van der Waals surface area contributed by atoms with Crippen LogP contribution in [0.5, 0.6) is 0 Å². The molecule has 1 saturated carbocycles. The van der Waals surface area contributed by atoms with Crippen LogP contribution < -0.4 is 10.0 Å². The molecule has 29 heavy (non-hydrogen) atoms. The third-order valence-corrected chi connectivity index (χ3v) is 5.89.